The van der Waals surface area contributed by atoms with Crippen molar-refractivity contribution in [3.63, 3.8) is 0 Å². The van der Waals surface area contributed by atoms with Crippen molar-refractivity contribution < 1.29 is 0 Å². The molecule has 0 saturated heterocycles. The highest BCUT2D eigenvalue weighted by molar-refractivity contribution is 6.30. The maximum atomic E-state index is 5.84. The molecule has 0 spiro atoms. The van der Waals surface area contributed by atoms with Crippen LogP contribution in [0.5, 0.6) is 0 Å². The molecule has 0 aliphatic heterocycles. The van der Waals surface area contributed by atoms with E-state index < -0.39 is 0 Å². The van der Waals surface area contributed by atoms with Crippen molar-refractivity contribution in [1.82, 2.24) is 9.97 Å². The van der Waals surface area contributed by atoms with Gasteiger partial charge in [0.05, 0.1) is 0 Å². The molecule has 0 bridgehead atoms. The third-order valence-electron chi connectivity index (χ3n) is 1.70. The van der Waals surface area contributed by atoms with Crippen molar-refractivity contribution in [2.75, 3.05) is 11.9 Å². The Morgan fingerprint density at radius 1 is 1.46 bits per heavy atom. The number of nitrogens with zero attached hydrogens (tertiary/aromatic N) is 2. The van der Waals surface area contributed by atoms with Crippen molar-refractivity contribution >= 4 is 17.4 Å². The van der Waals surface area contributed by atoms with E-state index in [9.17, 15) is 0 Å². The van der Waals surface area contributed by atoms with Crippen LogP contribution in [0, 0.1) is 12.8 Å². The van der Waals surface area contributed by atoms with Crippen LogP contribution in [0.2, 0.25) is 5.15 Å². The molecule has 3 nitrogen and oxygen atoms in total. The van der Waals surface area contributed by atoms with E-state index >= 15 is 0 Å². The van der Waals surface area contributed by atoms with Crippen LogP contribution in [0.25, 0.3) is 0 Å². The van der Waals surface area contributed by atoms with Gasteiger partial charge in [-0.1, -0.05) is 25.4 Å². The fourth-order valence-corrected chi connectivity index (χ4v) is 1.04. The predicted octanol–water partition coefficient (Wildman–Crippen LogP) is 2.51. The zero-order valence-corrected chi connectivity index (χ0v) is 8.89. The Balaban J connectivity index is 2.71. The first-order chi connectivity index (χ1) is 6.11. The van der Waals surface area contributed by atoms with Gasteiger partial charge in [-0.25, -0.2) is 9.97 Å². The van der Waals surface area contributed by atoms with E-state index in [-0.39, 0.29) is 0 Å². The molecule has 72 valence electrons. The zero-order valence-electron chi connectivity index (χ0n) is 8.13. The lowest BCUT2D eigenvalue weighted by Crippen LogP contribution is -2.10. The molecule has 0 unspecified atom stereocenters. The molecule has 1 heterocycles. The second-order valence-corrected chi connectivity index (χ2v) is 3.77. The molecule has 0 aromatic carbocycles. The summed E-state index contributed by atoms with van der Waals surface area (Å²) in [5, 5.41) is 3.73. The summed E-state index contributed by atoms with van der Waals surface area (Å²) in [5.41, 5.74) is 0.907. The first-order valence-electron chi connectivity index (χ1n) is 4.32. The Morgan fingerprint density at radius 3 is 2.77 bits per heavy atom. The Labute approximate surface area is 83.5 Å². The summed E-state index contributed by atoms with van der Waals surface area (Å²) < 4.78 is 0. The molecule has 1 aromatic rings. The molecule has 4 heteroatoms. The van der Waals surface area contributed by atoms with Gasteiger partial charge in [-0.15, -0.1) is 0 Å². The minimum absolute atomic E-state index is 0.515. The van der Waals surface area contributed by atoms with E-state index in [0.717, 1.165) is 17.9 Å². The van der Waals surface area contributed by atoms with E-state index in [1.54, 1.807) is 0 Å². The first kappa shape index (κ1) is 10.3. The quantitative estimate of drug-likeness (QED) is 0.761. The highest BCUT2D eigenvalue weighted by atomic mass is 35.5. The fourth-order valence-electron chi connectivity index (χ4n) is 0.908. The molecule has 1 rings (SSSR count). The van der Waals surface area contributed by atoms with Crippen molar-refractivity contribution in [3.8, 4) is 0 Å². The van der Waals surface area contributed by atoms with Gasteiger partial charge in [0.15, 0.2) is 0 Å². The van der Waals surface area contributed by atoms with Crippen LogP contribution in [-0.4, -0.2) is 16.5 Å². The van der Waals surface area contributed by atoms with E-state index in [1.165, 1.54) is 6.33 Å². The third kappa shape index (κ3) is 2.84. The van der Waals surface area contributed by atoms with Gasteiger partial charge in [0.25, 0.3) is 0 Å². The lowest BCUT2D eigenvalue weighted by atomic mass is 10.2. The van der Waals surface area contributed by atoms with Crippen LogP contribution in [0.3, 0.4) is 0 Å². The number of hydrogen-bond acceptors (Lipinski definition) is 3. The molecule has 0 radical (unpaired) electrons. The average Bonchev–Trinajstić information content (AvgIpc) is 2.07. The van der Waals surface area contributed by atoms with Gasteiger partial charge < -0.3 is 5.32 Å². The maximum absolute atomic E-state index is 5.84. The van der Waals surface area contributed by atoms with E-state index in [1.807, 2.05) is 6.92 Å². The minimum atomic E-state index is 0.515. The number of halogens is 1. The Kier molecular flexibility index (Phi) is 3.48. The zero-order chi connectivity index (χ0) is 9.84. The highest BCUT2D eigenvalue weighted by Gasteiger charge is 2.04. The smallest absolute Gasteiger partial charge is 0.137 e. The number of aromatic nitrogens is 2. The number of rotatable bonds is 3. The second-order valence-electron chi connectivity index (χ2n) is 3.41. The van der Waals surface area contributed by atoms with Crippen molar-refractivity contribution in [2.45, 2.75) is 20.8 Å². The minimum Gasteiger partial charge on any atom is -0.369 e. The van der Waals surface area contributed by atoms with Gasteiger partial charge in [-0.3, -0.25) is 0 Å². The molecule has 0 saturated carbocycles. The number of anilines is 1. The number of hydrogen-bond donors (Lipinski definition) is 1. The van der Waals surface area contributed by atoms with Crippen molar-refractivity contribution in [2.24, 2.45) is 5.92 Å². The molecule has 0 fully saturated rings. The van der Waals surface area contributed by atoms with E-state index in [2.05, 4.69) is 29.1 Å². The Morgan fingerprint density at radius 2 is 2.15 bits per heavy atom. The van der Waals surface area contributed by atoms with Gasteiger partial charge in [0, 0.05) is 12.1 Å². The average molecular weight is 200 g/mol. The molecular weight excluding hydrogens is 186 g/mol. The lowest BCUT2D eigenvalue weighted by Gasteiger charge is -2.10. The standard InChI is InChI=1S/C9H14ClN3/c1-6(2)4-11-9-7(3)8(10)12-5-13-9/h5-6H,4H2,1-3H3,(H,11,12,13). The van der Waals surface area contributed by atoms with Crippen LogP contribution in [0.15, 0.2) is 6.33 Å². The topological polar surface area (TPSA) is 37.8 Å². The maximum Gasteiger partial charge on any atom is 0.137 e. The largest absolute Gasteiger partial charge is 0.369 e. The molecule has 1 aromatic heterocycles. The SMILES string of the molecule is Cc1c(Cl)ncnc1NCC(C)C. The number of nitrogens with one attached hydrogen (secondary N) is 1. The van der Waals surface area contributed by atoms with Gasteiger partial charge in [0.1, 0.15) is 17.3 Å². The van der Waals surface area contributed by atoms with Crippen molar-refractivity contribution in [1.29, 1.82) is 0 Å². The van der Waals surface area contributed by atoms with E-state index in [4.69, 9.17) is 11.6 Å². The first-order valence-corrected chi connectivity index (χ1v) is 4.70. The molecular formula is C9H14ClN3. The summed E-state index contributed by atoms with van der Waals surface area (Å²) in [5.74, 6) is 1.42. The fraction of sp³-hybridized carbons (Fsp3) is 0.556. The normalized spacial score (nSPS) is 10.5. The van der Waals surface area contributed by atoms with E-state index in [0.29, 0.717) is 11.1 Å². The van der Waals surface area contributed by atoms with Crippen molar-refractivity contribution in [3.05, 3.63) is 17.0 Å². The van der Waals surface area contributed by atoms with Crippen LogP contribution in [0.1, 0.15) is 19.4 Å². The van der Waals surface area contributed by atoms with Crippen LogP contribution in [0.4, 0.5) is 5.82 Å². The third-order valence-corrected chi connectivity index (χ3v) is 2.08. The summed E-state index contributed by atoms with van der Waals surface area (Å²) in [6, 6.07) is 0. The van der Waals surface area contributed by atoms with Crippen LogP contribution in [-0.2, 0) is 0 Å². The summed E-state index contributed by atoms with van der Waals surface area (Å²) in [7, 11) is 0. The van der Waals surface area contributed by atoms with Gasteiger partial charge >= 0.3 is 0 Å². The monoisotopic (exact) mass is 199 g/mol. The summed E-state index contributed by atoms with van der Waals surface area (Å²) >= 11 is 5.84. The highest BCUT2D eigenvalue weighted by Crippen LogP contribution is 2.17. The molecule has 0 aliphatic rings. The Hall–Kier alpha value is -0.830. The Bertz CT molecular complexity index is 286. The predicted molar refractivity (Wildman–Crippen MR) is 55.1 cm³/mol. The van der Waals surface area contributed by atoms with Crippen LogP contribution >= 0.6 is 11.6 Å². The van der Waals surface area contributed by atoms with Gasteiger partial charge in [-0.05, 0) is 12.8 Å². The molecule has 13 heavy (non-hydrogen) atoms. The van der Waals surface area contributed by atoms with Gasteiger partial charge in [0.2, 0.25) is 0 Å². The second kappa shape index (κ2) is 4.42. The molecule has 0 amide bonds. The summed E-state index contributed by atoms with van der Waals surface area (Å²) in [6.07, 6.45) is 1.47. The molecule has 1 N–H and O–H groups in total. The molecule has 0 atom stereocenters. The lowest BCUT2D eigenvalue weighted by molar-refractivity contribution is 0.686. The van der Waals surface area contributed by atoms with Crippen LogP contribution < -0.4 is 5.32 Å². The van der Waals surface area contributed by atoms with Gasteiger partial charge in [-0.2, -0.15) is 0 Å². The summed E-state index contributed by atoms with van der Waals surface area (Å²) in [4.78, 5) is 7.99. The summed E-state index contributed by atoms with van der Waals surface area (Å²) in [6.45, 7) is 7.09. The molecule has 0 aliphatic carbocycles.